The van der Waals surface area contributed by atoms with Crippen molar-refractivity contribution in [2.24, 2.45) is 5.92 Å². The highest BCUT2D eigenvalue weighted by Gasteiger charge is 1.98. The summed E-state index contributed by atoms with van der Waals surface area (Å²) >= 11 is 4.97. The quantitative estimate of drug-likeness (QED) is 0.372. The fourth-order valence-corrected chi connectivity index (χ4v) is 0.202. The number of hydrogen-bond donors (Lipinski definition) is 0. The first kappa shape index (κ1) is 14.6. The molecule has 0 aliphatic rings. The van der Waals surface area contributed by atoms with Crippen LogP contribution in [0.3, 0.4) is 0 Å². The normalized spacial score (nSPS) is 8.46. The molecule has 0 aromatic heterocycles. The van der Waals surface area contributed by atoms with Crippen LogP contribution < -0.4 is 0 Å². The van der Waals surface area contributed by atoms with E-state index < -0.39 is 11.9 Å². The van der Waals surface area contributed by atoms with E-state index in [1.54, 1.807) is 13.8 Å². The average molecular weight is 209 g/mol. The van der Waals surface area contributed by atoms with Crippen LogP contribution in [0, 0.1) is 5.92 Å². The molecular weight excluding hydrogens is 196 g/mol. The molecule has 0 heterocycles. The molecule has 0 rings (SSSR count). The SMILES string of the molecule is CC(=O)OC(C)=O.CC(C)C(=O)Cl. The molecule has 0 aliphatic heterocycles. The first-order valence-corrected chi connectivity index (χ1v) is 4.03. The summed E-state index contributed by atoms with van der Waals surface area (Å²) in [5.41, 5.74) is 0. The van der Waals surface area contributed by atoms with Crippen molar-refractivity contribution in [3.63, 3.8) is 0 Å². The Morgan fingerprint density at radius 2 is 1.31 bits per heavy atom. The second-order valence-corrected chi connectivity index (χ2v) is 2.92. The van der Waals surface area contributed by atoms with Gasteiger partial charge in [-0.1, -0.05) is 13.8 Å². The van der Waals surface area contributed by atoms with E-state index in [0.29, 0.717) is 0 Å². The van der Waals surface area contributed by atoms with Gasteiger partial charge in [-0.3, -0.25) is 14.4 Å². The van der Waals surface area contributed by atoms with Crippen LogP contribution in [0.15, 0.2) is 0 Å². The van der Waals surface area contributed by atoms with Gasteiger partial charge >= 0.3 is 11.9 Å². The second kappa shape index (κ2) is 7.73. The third-order valence-electron chi connectivity index (χ3n) is 0.741. The first-order valence-electron chi connectivity index (χ1n) is 3.65. The summed E-state index contributed by atoms with van der Waals surface area (Å²) in [6.07, 6.45) is 0. The van der Waals surface area contributed by atoms with Crippen molar-refractivity contribution in [3.8, 4) is 0 Å². The molecule has 4 nitrogen and oxygen atoms in total. The van der Waals surface area contributed by atoms with Crippen LogP contribution in [-0.4, -0.2) is 17.2 Å². The predicted octanol–water partition coefficient (Wildman–Crippen LogP) is 1.50. The summed E-state index contributed by atoms with van der Waals surface area (Å²) in [5.74, 6) is -1.15. The van der Waals surface area contributed by atoms with E-state index in [4.69, 9.17) is 11.6 Å². The molecule has 0 fully saturated rings. The molecule has 0 atom stereocenters. The van der Waals surface area contributed by atoms with Crippen molar-refractivity contribution in [2.75, 3.05) is 0 Å². The van der Waals surface area contributed by atoms with Gasteiger partial charge < -0.3 is 4.74 Å². The van der Waals surface area contributed by atoms with Crippen molar-refractivity contribution in [1.29, 1.82) is 0 Å². The summed E-state index contributed by atoms with van der Waals surface area (Å²) in [6, 6.07) is 0. The molecule has 0 unspecified atom stereocenters. The Hall–Kier alpha value is -0.900. The lowest BCUT2D eigenvalue weighted by Crippen LogP contribution is -2.03. The Kier molecular flexibility index (Phi) is 8.69. The predicted molar refractivity (Wildman–Crippen MR) is 48.1 cm³/mol. The molecule has 0 saturated heterocycles. The maximum absolute atomic E-state index is 9.91. The van der Waals surface area contributed by atoms with E-state index in [1.807, 2.05) is 0 Å². The van der Waals surface area contributed by atoms with Gasteiger partial charge in [0.05, 0.1) is 0 Å². The van der Waals surface area contributed by atoms with Gasteiger partial charge in [-0.05, 0) is 11.6 Å². The zero-order chi connectivity index (χ0) is 11.0. The van der Waals surface area contributed by atoms with Crippen molar-refractivity contribution < 1.29 is 19.1 Å². The number of hydrogen-bond acceptors (Lipinski definition) is 4. The van der Waals surface area contributed by atoms with E-state index in [2.05, 4.69) is 4.74 Å². The van der Waals surface area contributed by atoms with E-state index >= 15 is 0 Å². The topological polar surface area (TPSA) is 60.4 Å². The summed E-state index contributed by atoms with van der Waals surface area (Å²) in [5, 5.41) is -0.269. The molecule has 0 radical (unpaired) electrons. The zero-order valence-corrected chi connectivity index (χ0v) is 8.84. The monoisotopic (exact) mass is 208 g/mol. The lowest BCUT2D eigenvalue weighted by molar-refractivity contribution is -0.156. The Morgan fingerprint density at radius 3 is 1.31 bits per heavy atom. The molecule has 0 bridgehead atoms. The fraction of sp³-hybridized carbons (Fsp3) is 0.625. The molecule has 0 amide bonds. The van der Waals surface area contributed by atoms with Crippen molar-refractivity contribution in [3.05, 3.63) is 0 Å². The van der Waals surface area contributed by atoms with Gasteiger partial charge in [-0.2, -0.15) is 0 Å². The van der Waals surface area contributed by atoms with Crippen LogP contribution in [0.2, 0.25) is 0 Å². The molecule has 0 aromatic carbocycles. The third-order valence-corrected chi connectivity index (χ3v) is 1.18. The Bertz CT molecular complexity index is 186. The maximum atomic E-state index is 9.91. The molecule has 0 N–H and O–H groups in total. The summed E-state index contributed by atoms with van der Waals surface area (Å²) < 4.78 is 3.97. The fourth-order valence-electron chi connectivity index (χ4n) is 0.202. The molecule has 76 valence electrons. The highest BCUT2D eigenvalue weighted by molar-refractivity contribution is 6.63. The van der Waals surface area contributed by atoms with Crippen LogP contribution >= 0.6 is 11.6 Å². The van der Waals surface area contributed by atoms with Gasteiger partial charge in [-0.15, -0.1) is 0 Å². The number of carbonyl (C=O) groups is 3. The molecule has 0 aliphatic carbocycles. The minimum Gasteiger partial charge on any atom is -0.394 e. The van der Waals surface area contributed by atoms with Crippen LogP contribution in [0.25, 0.3) is 0 Å². The maximum Gasteiger partial charge on any atom is 0.310 e. The van der Waals surface area contributed by atoms with E-state index in [-0.39, 0.29) is 11.2 Å². The van der Waals surface area contributed by atoms with E-state index in [9.17, 15) is 14.4 Å². The molecular formula is C8H13ClO4. The molecule has 5 heteroatoms. The summed E-state index contributed by atoms with van der Waals surface area (Å²) in [4.78, 5) is 29.5. The number of rotatable bonds is 1. The minimum absolute atomic E-state index is 0.0216. The van der Waals surface area contributed by atoms with Crippen LogP contribution in [-0.2, 0) is 19.1 Å². The minimum atomic E-state index is -0.562. The summed E-state index contributed by atoms with van der Waals surface area (Å²) in [7, 11) is 0. The highest BCUT2D eigenvalue weighted by Crippen LogP contribution is 1.95. The van der Waals surface area contributed by atoms with E-state index in [1.165, 1.54) is 13.8 Å². The Balaban J connectivity index is 0. The largest absolute Gasteiger partial charge is 0.394 e. The Labute approximate surface area is 82.2 Å². The van der Waals surface area contributed by atoms with Gasteiger partial charge in [0.2, 0.25) is 5.24 Å². The zero-order valence-electron chi connectivity index (χ0n) is 8.09. The standard InChI is InChI=1S/C4H7ClO.C4H6O3/c1-3(2)4(5)6;1-3(5)7-4(2)6/h3H,1-2H3;1-2H3. The van der Waals surface area contributed by atoms with Crippen LogP contribution in [0.4, 0.5) is 0 Å². The molecule has 0 spiro atoms. The van der Waals surface area contributed by atoms with E-state index in [0.717, 1.165) is 0 Å². The van der Waals surface area contributed by atoms with Gasteiger partial charge in [-0.25, -0.2) is 0 Å². The van der Waals surface area contributed by atoms with Gasteiger partial charge in [0.1, 0.15) is 0 Å². The molecule has 0 saturated carbocycles. The highest BCUT2D eigenvalue weighted by atomic mass is 35.5. The molecule has 13 heavy (non-hydrogen) atoms. The lowest BCUT2D eigenvalue weighted by Gasteiger charge is -1.88. The average Bonchev–Trinajstić information content (AvgIpc) is 1.84. The molecule has 0 aromatic rings. The van der Waals surface area contributed by atoms with Gasteiger partial charge in [0.25, 0.3) is 0 Å². The smallest absolute Gasteiger partial charge is 0.310 e. The lowest BCUT2D eigenvalue weighted by atomic mass is 10.3. The number of ether oxygens (including phenoxy) is 1. The second-order valence-electron chi connectivity index (χ2n) is 2.54. The van der Waals surface area contributed by atoms with Crippen LogP contribution in [0.5, 0.6) is 0 Å². The number of carbonyl (C=O) groups excluding carboxylic acids is 3. The van der Waals surface area contributed by atoms with Crippen molar-refractivity contribution in [2.45, 2.75) is 27.7 Å². The number of esters is 2. The van der Waals surface area contributed by atoms with Gasteiger partial charge in [0, 0.05) is 19.8 Å². The van der Waals surface area contributed by atoms with Crippen LogP contribution in [0.1, 0.15) is 27.7 Å². The van der Waals surface area contributed by atoms with Crippen molar-refractivity contribution >= 4 is 28.8 Å². The number of halogens is 1. The Morgan fingerprint density at radius 1 is 1.08 bits per heavy atom. The van der Waals surface area contributed by atoms with Crippen molar-refractivity contribution in [1.82, 2.24) is 0 Å². The third kappa shape index (κ3) is 18.2. The first-order chi connectivity index (χ1) is 5.77. The summed E-state index contributed by atoms with van der Waals surface area (Å²) in [6.45, 7) is 5.88. The van der Waals surface area contributed by atoms with Gasteiger partial charge in [0.15, 0.2) is 0 Å².